The van der Waals surface area contributed by atoms with E-state index in [9.17, 15) is 9.90 Å². The molecule has 1 amide bonds. The number of halogens is 2. The summed E-state index contributed by atoms with van der Waals surface area (Å²) < 4.78 is 0. The van der Waals surface area contributed by atoms with Crippen LogP contribution in [0.3, 0.4) is 0 Å². The van der Waals surface area contributed by atoms with Crippen LogP contribution < -0.4 is 10.2 Å². The first-order valence-electron chi connectivity index (χ1n) is 7.66. The Morgan fingerprint density at radius 3 is 2.39 bits per heavy atom. The van der Waals surface area contributed by atoms with Crippen LogP contribution in [-0.2, 0) is 4.79 Å². The molecule has 0 bridgehead atoms. The van der Waals surface area contributed by atoms with Crippen molar-refractivity contribution in [1.82, 2.24) is 10.2 Å². The second-order valence-corrected chi connectivity index (χ2v) is 5.95. The number of nitrogens with zero attached hydrogens (tertiary/aromatic N) is 2. The minimum atomic E-state index is -0.382. The average Bonchev–Trinajstić information content (AvgIpc) is 2.94. The first-order chi connectivity index (χ1) is 10.1. The van der Waals surface area contributed by atoms with Gasteiger partial charge in [-0.25, -0.2) is 0 Å². The van der Waals surface area contributed by atoms with Gasteiger partial charge >= 0.3 is 0 Å². The number of carbonyl (C=O) groups is 1. The number of benzene rings is 1. The van der Waals surface area contributed by atoms with E-state index in [-0.39, 0.29) is 42.9 Å². The molecule has 2 saturated heterocycles. The summed E-state index contributed by atoms with van der Waals surface area (Å²) in [7, 11) is 0. The van der Waals surface area contributed by atoms with Crippen molar-refractivity contribution in [1.29, 1.82) is 0 Å². The summed E-state index contributed by atoms with van der Waals surface area (Å²) in [5, 5.41) is 12.6. The molecule has 2 aliphatic heterocycles. The van der Waals surface area contributed by atoms with Gasteiger partial charge in [0, 0.05) is 38.4 Å². The first-order valence-corrected chi connectivity index (χ1v) is 7.66. The van der Waals surface area contributed by atoms with Crippen molar-refractivity contribution in [3.8, 4) is 0 Å². The molecule has 0 spiro atoms. The lowest BCUT2D eigenvalue weighted by molar-refractivity contribution is -0.133. The number of aliphatic hydroxyl groups is 1. The van der Waals surface area contributed by atoms with E-state index in [1.807, 2.05) is 4.90 Å². The van der Waals surface area contributed by atoms with Crippen molar-refractivity contribution in [2.24, 2.45) is 0 Å². The topological polar surface area (TPSA) is 55.8 Å². The van der Waals surface area contributed by atoms with Crippen LogP contribution >= 0.6 is 24.8 Å². The molecule has 0 aliphatic carbocycles. The SMILES string of the molecule is Cc1ccccc1N1CCN(C(=O)C2CC(O)CN2)CC1.Cl.Cl. The molecule has 1 aromatic rings. The lowest BCUT2D eigenvalue weighted by Crippen LogP contribution is -2.53. The number of nitrogens with one attached hydrogen (secondary N) is 1. The molecule has 23 heavy (non-hydrogen) atoms. The molecule has 2 heterocycles. The van der Waals surface area contributed by atoms with Gasteiger partial charge in [-0.3, -0.25) is 4.79 Å². The molecule has 2 fully saturated rings. The van der Waals surface area contributed by atoms with Gasteiger partial charge in [0.15, 0.2) is 0 Å². The molecule has 130 valence electrons. The van der Waals surface area contributed by atoms with Gasteiger partial charge in [-0.15, -0.1) is 24.8 Å². The third-order valence-corrected chi connectivity index (χ3v) is 4.45. The summed E-state index contributed by atoms with van der Waals surface area (Å²) in [6.07, 6.45) is 0.156. The van der Waals surface area contributed by atoms with Crippen molar-refractivity contribution in [2.45, 2.75) is 25.5 Å². The third kappa shape index (κ3) is 4.51. The zero-order chi connectivity index (χ0) is 14.8. The van der Waals surface area contributed by atoms with E-state index in [2.05, 4.69) is 41.4 Å². The molecule has 1 aromatic carbocycles. The summed E-state index contributed by atoms with van der Waals surface area (Å²) in [6.45, 7) is 5.89. The number of rotatable bonds is 2. The van der Waals surface area contributed by atoms with Crippen LogP contribution in [0.2, 0.25) is 0 Å². The predicted octanol–water partition coefficient (Wildman–Crippen LogP) is 1.21. The number of carbonyl (C=O) groups excluding carboxylic acids is 1. The van der Waals surface area contributed by atoms with E-state index in [1.54, 1.807) is 0 Å². The summed E-state index contributed by atoms with van der Waals surface area (Å²) in [4.78, 5) is 16.7. The summed E-state index contributed by atoms with van der Waals surface area (Å²) in [5.74, 6) is 0.135. The number of piperazine rings is 1. The maximum absolute atomic E-state index is 12.4. The molecule has 7 heteroatoms. The van der Waals surface area contributed by atoms with E-state index in [0.29, 0.717) is 13.0 Å². The summed E-state index contributed by atoms with van der Waals surface area (Å²) in [6, 6.07) is 8.17. The van der Waals surface area contributed by atoms with Gasteiger partial charge in [0.2, 0.25) is 5.91 Å². The second-order valence-electron chi connectivity index (χ2n) is 5.95. The Hall–Kier alpha value is -1.01. The van der Waals surface area contributed by atoms with Crippen LogP contribution in [-0.4, -0.2) is 60.8 Å². The third-order valence-electron chi connectivity index (χ3n) is 4.45. The molecular weight excluding hydrogens is 337 g/mol. The highest BCUT2D eigenvalue weighted by Gasteiger charge is 2.32. The zero-order valence-corrected chi connectivity index (χ0v) is 14.9. The van der Waals surface area contributed by atoms with Gasteiger partial charge in [-0.05, 0) is 25.0 Å². The number of anilines is 1. The van der Waals surface area contributed by atoms with Gasteiger partial charge in [0.25, 0.3) is 0 Å². The Morgan fingerprint density at radius 1 is 1.17 bits per heavy atom. The molecule has 0 aromatic heterocycles. The minimum absolute atomic E-state index is 0. The van der Waals surface area contributed by atoms with Gasteiger partial charge < -0.3 is 20.2 Å². The average molecular weight is 362 g/mol. The number of hydrogen-bond donors (Lipinski definition) is 2. The molecule has 0 radical (unpaired) electrons. The summed E-state index contributed by atoms with van der Waals surface area (Å²) >= 11 is 0. The largest absolute Gasteiger partial charge is 0.392 e. The molecule has 2 unspecified atom stereocenters. The molecule has 2 aliphatic rings. The highest BCUT2D eigenvalue weighted by Crippen LogP contribution is 2.21. The molecule has 2 atom stereocenters. The maximum Gasteiger partial charge on any atom is 0.239 e. The quantitative estimate of drug-likeness (QED) is 0.831. The first kappa shape index (κ1) is 20.0. The molecule has 5 nitrogen and oxygen atoms in total. The van der Waals surface area contributed by atoms with Gasteiger partial charge in [-0.2, -0.15) is 0 Å². The summed E-state index contributed by atoms with van der Waals surface area (Å²) in [5.41, 5.74) is 2.54. The van der Waals surface area contributed by atoms with Gasteiger partial charge in [0.1, 0.15) is 0 Å². The van der Waals surface area contributed by atoms with Crippen molar-refractivity contribution < 1.29 is 9.90 Å². The van der Waals surface area contributed by atoms with Crippen LogP contribution in [0.15, 0.2) is 24.3 Å². The Kier molecular flexibility index (Phi) is 7.61. The van der Waals surface area contributed by atoms with Crippen molar-refractivity contribution in [3.63, 3.8) is 0 Å². The number of para-hydroxylation sites is 1. The number of amides is 1. The van der Waals surface area contributed by atoms with Crippen molar-refractivity contribution in [2.75, 3.05) is 37.6 Å². The van der Waals surface area contributed by atoms with Crippen LogP contribution in [0, 0.1) is 6.92 Å². The fraction of sp³-hybridized carbons (Fsp3) is 0.562. The molecular formula is C16H25Cl2N3O2. The smallest absolute Gasteiger partial charge is 0.239 e. The van der Waals surface area contributed by atoms with E-state index in [0.717, 1.165) is 26.2 Å². The lowest BCUT2D eigenvalue weighted by Gasteiger charge is -2.37. The van der Waals surface area contributed by atoms with E-state index >= 15 is 0 Å². The Balaban J connectivity index is 0.00000132. The van der Waals surface area contributed by atoms with Crippen LogP contribution in [0.25, 0.3) is 0 Å². The Morgan fingerprint density at radius 2 is 1.83 bits per heavy atom. The monoisotopic (exact) mass is 361 g/mol. The molecule has 0 saturated carbocycles. The van der Waals surface area contributed by atoms with Gasteiger partial charge in [0.05, 0.1) is 12.1 Å². The highest BCUT2D eigenvalue weighted by atomic mass is 35.5. The van der Waals surface area contributed by atoms with Crippen LogP contribution in [0.5, 0.6) is 0 Å². The maximum atomic E-state index is 12.4. The normalized spacial score (nSPS) is 23.9. The molecule has 3 rings (SSSR count). The van der Waals surface area contributed by atoms with Crippen molar-refractivity contribution in [3.05, 3.63) is 29.8 Å². The minimum Gasteiger partial charge on any atom is -0.392 e. The standard InChI is InChI=1S/C16H23N3O2.2ClH/c1-12-4-2-3-5-15(12)18-6-8-19(9-7-18)16(21)14-10-13(20)11-17-14;;/h2-5,13-14,17,20H,6-11H2,1H3;2*1H. The fourth-order valence-corrected chi connectivity index (χ4v) is 3.21. The van der Waals surface area contributed by atoms with E-state index < -0.39 is 0 Å². The van der Waals surface area contributed by atoms with E-state index in [4.69, 9.17) is 0 Å². The number of hydrogen-bond acceptors (Lipinski definition) is 4. The predicted molar refractivity (Wildman–Crippen MR) is 96.9 cm³/mol. The Labute approximate surface area is 149 Å². The highest BCUT2D eigenvalue weighted by molar-refractivity contribution is 5.85. The number of aliphatic hydroxyl groups excluding tert-OH is 1. The second kappa shape index (κ2) is 8.73. The van der Waals surface area contributed by atoms with Gasteiger partial charge in [-0.1, -0.05) is 18.2 Å². The van der Waals surface area contributed by atoms with Crippen molar-refractivity contribution >= 4 is 36.4 Å². The van der Waals surface area contributed by atoms with Crippen LogP contribution in [0.4, 0.5) is 5.69 Å². The Bertz CT molecular complexity index is 522. The fourth-order valence-electron chi connectivity index (χ4n) is 3.21. The lowest BCUT2D eigenvalue weighted by atomic mass is 10.1. The number of β-amino-alcohol motifs (C(OH)–C–C–N with tert-alkyl or cyclic N) is 1. The molecule has 2 N–H and O–H groups in total. The van der Waals surface area contributed by atoms with E-state index in [1.165, 1.54) is 11.3 Å². The number of aryl methyl sites for hydroxylation is 1. The van der Waals surface area contributed by atoms with Crippen LogP contribution in [0.1, 0.15) is 12.0 Å². The zero-order valence-electron chi connectivity index (χ0n) is 13.3.